The molecule has 1 saturated carbocycles. The molecule has 7 heteroatoms. The molecule has 17 heavy (non-hydrogen) atoms. The van der Waals surface area contributed by atoms with Crippen molar-refractivity contribution < 1.29 is 4.92 Å². The molecule has 1 aliphatic rings. The number of halogens is 1. The van der Waals surface area contributed by atoms with Crippen molar-refractivity contribution in [1.29, 1.82) is 0 Å². The van der Waals surface area contributed by atoms with Crippen LogP contribution in [0.2, 0.25) is 5.28 Å². The van der Waals surface area contributed by atoms with Gasteiger partial charge in [0.05, 0.1) is 4.92 Å². The Morgan fingerprint density at radius 1 is 1.59 bits per heavy atom. The van der Waals surface area contributed by atoms with Crippen LogP contribution in [0.15, 0.2) is 6.20 Å². The number of nitrogens with zero attached hydrogens (tertiary/aromatic N) is 3. The van der Waals surface area contributed by atoms with Crippen molar-refractivity contribution in [3.8, 4) is 0 Å². The Kier molecular flexibility index (Phi) is 3.42. The minimum Gasteiger partial charge on any atom is -0.361 e. The average Bonchev–Trinajstić information content (AvgIpc) is 2.63. The van der Waals surface area contributed by atoms with E-state index in [0.717, 1.165) is 25.5 Å². The lowest BCUT2D eigenvalue weighted by molar-refractivity contribution is -0.384. The van der Waals surface area contributed by atoms with E-state index in [0.29, 0.717) is 5.92 Å². The molecular formula is C10H13ClN4O2. The highest BCUT2D eigenvalue weighted by Crippen LogP contribution is 2.30. The molecule has 0 saturated heterocycles. The molecule has 0 spiro atoms. The van der Waals surface area contributed by atoms with Gasteiger partial charge in [-0.25, -0.2) is 4.98 Å². The lowest BCUT2D eigenvalue weighted by Crippen LogP contribution is -2.17. The first-order chi connectivity index (χ1) is 8.06. The van der Waals surface area contributed by atoms with E-state index in [2.05, 4.69) is 22.2 Å². The standard InChI is InChI=1S/C10H13ClN4O2/c1-6-2-3-7(4-6)13-9-8(15(16)17)5-12-10(11)14-9/h5-7H,2-4H2,1H3,(H,12,13,14)/t6-,7?/m1/s1. The molecule has 1 aliphatic carbocycles. The van der Waals surface area contributed by atoms with Crippen LogP contribution >= 0.6 is 11.6 Å². The van der Waals surface area contributed by atoms with Gasteiger partial charge in [-0.05, 0) is 36.8 Å². The van der Waals surface area contributed by atoms with Crippen molar-refractivity contribution in [2.24, 2.45) is 5.92 Å². The van der Waals surface area contributed by atoms with E-state index in [9.17, 15) is 10.1 Å². The Hall–Kier alpha value is -1.43. The van der Waals surface area contributed by atoms with Crippen LogP contribution in [0, 0.1) is 16.0 Å². The fourth-order valence-electron chi connectivity index (χ4n) is 2.13. The maximum Gasteiger partial charge on any atom is 0.329 e. The summed E-state index contributed by atoms with van der Waals surface area (Å²) in [6.45, 7) is 2.17. The summed E-state index contributed by atoms with van der Waals surface area (Å²) in [4.78, 5) is 17.8. The minimum absolute atomic E-state index is 0.0177. The summed E-state index contributed by atoms with van der Waals surface area (Å²) in [7, 11) is 0. The Labute approximate surface area is 104 Å². The fourth-order valence-corrected chi connectivity index (χ4v) is 2.26. The number of nitrogens with one attached hydrogen (secondary N) is 1. The molecule has 0 amide bonds. The van der Waals surface area contributed by atoms with Gasteiger partial charge in [0.2, 0.25) is 11.1 Å². The van der Waals surface area contributed by atoms with Gasteiger partial charge in [0.15, 0.2) is 0 Å². The molecule has 1 unspecified atom stereocenters. The molecule has 1 aromatic rings. The van der Waals surface area contributed by atoms with Crippen LogP contribution < -0.4 is 5.32 Å². The fraction of sp³-hybridized carbons (Fsp3) is 0.600. The van der Waals surface area contributed by atoms with Gasteiger partial charge in [0.25, 0.3) is 0 Å². The SMILES string of the molecule is C[C@@H]1CCC(Nc2nc(Cl)ncc2[N+](=O)[O-])C1. The molecule has 1 aromatic heterocycles. The second kappa shape index (κ2) is 4.83. The van der Waals surface area contributed by atoms with E-state index >= 15 is 0 Å². The highest BCUT2D eigenvalue weighted by molar-refractivity contribution is 6.28. The third-order valence-corrected chi connectivity index (χ3v) is 3.15. The highest BCUT2D eigenvalue weighted by Gasteiger charge is 2.25. The maximum atomic E-state index is 10.8. The second-order valence-electron chi connectivity index (χ2n) is 4.39. The maximum absolute atomic E-state index is 10.8. The van der Waals surface area contributed by atoms with Crippen molar-refractivity contribution in [2.45, 2.75) is 32.2 Å². The monoisotopic (exact) mass is 256 g/mol. The first-order valence-electron chi connectivity index (χ1n) is 5.49. The summed E-state index contributed by atoms with van der Waals surface area (Å²) in [5.74, 6) is 0.859. The van der Waals surface area contributed by atoms with Crippen LogP contribution in [-0.4, -0.2) is 20.9 Å². The van der Waals surface area contributed by atoms with Crippen LogP contribution in [0.4, 0.5) is 11.5 Å². The lowest BCUT2D eigenvalue weighted by atomic mass is 10.1. The van der Waals surface area contributed by atoms with Gasteiger partial charge < -0.3 is 5.32 Å². The Bertz CT molecular complexity index is 440. The summed E-state index contributed by atoms with van der Waals surface area (Å²) in [6.07, 6.45) is 4.26. The molecule has 92 valence electrons. The predicted molar refractivity (Wildman–Crippen MR) is 64.1 cm³/mol. The Morgan fingerprint density at radius 2 is 2.35 bits per heavy atom. The van der Waals surface area contributed by atoms with E-state index in [1.807, 2.05) is 0 Å². The molecule has 1 fully saturated rings. The van der Waals surface area contributed by atoms with Crippen LogP contribution in [0.3, 0.4) is 0 Å². The summed E-state index contributed by atoms with van der Waals surface area (Å²) in [6, 6.07) is 0.231. The normalized spacial score (nSPS) is 23.6. The van der Waals surface area contributed by atoms with Gasteiger partial charge >= 0.3 is 5.69 Å². The third-order valence-electron chi connectivity index (χ3n) is 2.97. The lowest BCUT2D eigenvalue weighted by Gasteiger charge is -2.12. The predicted octanol–water partition coefficient (Wildman–Crippen LogP) is 2.64. The van der Waals surface area contributed by atoms with E-state index in [1.54, 1.807) is 0 Å². The Morgan fingerprint density at radius 3 is 2.94 bits per heavy atom. The smallest absolute Gasteiger partial charge is 0.329 e. The van der Waals surface area contributed by atoms with E-state index in [4.69, 9.17) is 11.6 Å². The van der Waals surface area contributed by atoms with Gasteiger partial charge in [-0.15, -0.1) is 0 Å². The summed E-state index contributed by atoms with van der Waals surface area (Å²) >= 11 is 5.65. The number of anilines is 1. The van der Waals surface area contributed by atoms with Gasteiger partial charge in [0, 0.05) is 6.04 Å². The molecule has 0 aliphatic heterocycles. The summed E-state index contributed by atoms with van der Waals surface area (Å²) in [5.41, 5.74) is -0.131. The first kappa shape index (κ1) is 12.0. The summed E-state index contributed by atoms with van der Waals surface area (Å²) < 4.78 is 0. The van der Waals surface area contributed by atoms with Gasteiger partial charge in [-0.2, -0.15) is 4.98 Å². The molecule has 2 rings (SSSR count). The molecule has 2 atom stereocenters. The third kappa shape index (κ3) is 2.82. The number of rotatable bonds is 3. The van der Waals surface area contributed by atoms with Gasteiger partial charge in [-0.1, -0.05) is 6.92 Å². The molecule has 0 radical (unpaired) electrons. The van der Waals surface area contributed by atoms with Crippen LogP contribution in [0.5, 0.6) is 0 Å². The molecule has 1 heterocycles. The van der Waals surface area contributed by atoms with Crippen molar-refractivity contribution in [1.82, 2.24) is 9.97 Å². The zero-order valence-corrected chi connectivity index (χ0v) is 10.1. The molecule has 0 bridgehead atoms. The molecule has 0 aromatic carbocycles. The number of nitro groups is 1. The average molecular weight is 257 g/mol. The van der Waals surface area contributed by atoms with Crippen LogP contribution in [0.1, 0.15) is 26.2 Å². The van der Waals surface area contributed by atoms with Crippen molar-refractivity contribution in [3.63, 3.8) is 0 Å². The van der Waals surface area contributed by atoms with Crippen molar-refractivity contribution in [3.05, 3.63) is 21.6 Å². The zero-order valence-electron chi connectivity index (χ0n) is 9.39. The van der Waals surface area contributed by atoms with E-state index in [-0.39, 0.29) is 22.8 Å². The Balaban J connectivity index is 2.19. The number of aromatic nitrogens is 2. The topological polar surface area (TPSA) is 81.0 Å². The van der Waals surface area contributed by atoms with Crippen molar-refractivity contribution in [2.75, 3.05) is 5.32 Å². The van der Waals surface area contributed by atoms with Crippen LogP contribution in [0.25, 0.3) is 0 Å². The highest BCUT2D eigenvalue weighted by atomic mass is 35.5. The van der Waals surface area contributed by atoms with Gasteiger partial charge in [0.1, 0.15) is 6.20 Å². The largest absolute Gasteiger partial charge is 0.361 e. The molecular weight excluding hydrogens is 244 g/mol. The minimum atomic E-state index is -0.503. The second-order valence-corrected chi connectivity index (χ2v) is 4.73. The molecule has 1 N–H and O–H groups in total. The zero-order chi connectivity index (χ0) is 12.4. The first-order valence-corrected chi connectivity index (χ1v) is 5.87. The van der Waals surface area contributed by atoms with Crippen LogP contribution in [-0.2, 0) is 0 Å². The summed E-state index contributed by atoms with van der Waals surface area (Å²) in [5, 5.41) is 13.9. The number of hydrogen-bond donors (Lipinski definition) is 1. The van der Waals surface area contributed by atoms with Crippen molar-refractivity contribution >= 4 is 23.1 Å². The number of hydrogen-bond acceptors (Lipinski definition) is 5. The molecule has 6 nitrogen and oxygen atoms in total. The van der Waals surface area contributed by atoms with E-state index < -0.39 is 4.92 Å². The van der Waals surface area contributed by atoms with Gasteiger partial charge in [-0.3, -0.25) is 10.1 Å². The quantitative estimate of drug-likeness (QED) is 0.511. The van der Waals surface area contributed by atoms with E-state index in [1.165, 1.54) is 0 Å².